The van der Waals surface area contributed by atoms with Crippen LogP contribution >= 0.6 is 0 Å². The predicted molar refractivity (Wildman–Crippen MR) is 107 cm³/mol. The zero-order valence-corrected chi connectivity index (χ0v) is 16.0. The van der Waals surface area contributed by atoms with Gasteiger partial charge in [-0.3, -0.25) is 4.79 Å². The van der Waals surface area contributed by atoms with Crippen LogP contribution in [0.25, 0.3) is 6.08 Å². The zero-order valence-electron chi connectivity index (χ0n) is 16.0. The second-order valence-electron chi connectivity index (χ2n) is 6.43. The first-order chi connectivity index (χ1) is 13.1. The van der Waals surface area contributed by atoms with Crippen LogP contribution in [0, 0.1) is 5.82 Å². The molecule has 0 saturated heterocycles. The molecule has 2 rings (SSSR count). The first-order valence-electron chi connectivity index (χ1n) is 9.10. The van der Waals surface area contributed by atoms with Gasteiger partial charge in [0.2, 0.25) is 5.91 Å². The van der Waals surface area contributed by atoms with Crippen LogP contribution in [0.5, 0.6) is 5.75 Å². The smallest absolute Gasteiger partial charge is 0.243 e. The Morgan fingerprint density at radius 1 is 1.11 bits per heavy atom. The second-order valence-corrected chi connectivity index (χ2v) is 6.43. The van der Waals surface area contributed by atoms with Crippen molar-refractivity contribution in [2.24, 2.45) is 0 Å². The number of nitrogens with zero attached hydrogens (tertiary/aromatic N) is 1. The van der Waals surface area contributed by atoms with Crippen LogP contribution in [0.15, 0.2) is 54.6 Å². The number of ether oxygens (including phenoxy) is 1. The molecule has 0 aromatic heterocycles. The quantitative estimate of drug-likeness (QED) is 0.514. The van der Waals surface area contributed by atoms with E-state index in [4.69, 9.17) is 4.74 Å². The van der Waals surface area contributed by atoms with Crippen molar-refractivity contribution in [2.75, 3.05) is 33.8 Å². The highest BCUT2D eigenvalue weighted by atomic mass is 19.1. The van der Waals surface area contributed by atoms with E-state index in [9.17, 15) is 9.18 Å². The molecule has 0 spiro atoms. The largest absolute Gasteiger partial charge is 0.497 e. The fourth-order valence-corrected chi connectivity index (χ4v) is 2.59. The van der Waals surface area contributed by atoms with E-state index in [2.05, 4.69) is 29.4 Å². The van der Waals surface area contributed by atoms with Crippen molar-refractivity contribution in [3.63, 3.8) is 0 Å². The van der Waals surface area contributed by atoms with Crippen LogP contribution in [-0.2, 0) is 11.2 Å². The van der Waals surface area contributed by atoms with E-state index in [1.54, 1.807) is 25.3 Å². The zero-order chi connectivity index (χ0) is 19.5. The average molecular weight is 370 g/mol. The van der Waals surface area contributed by atoms with Gasteiger partial charge in [0.25, 0.3) is 0 Å². The summed E-state index contributed by atoms with van der Waals surface area (Å²) in [6.45, 7) is 2.50. The maximum atomic E-state index is 12.8. The van der Waals surface area contributed by atoms with Gasteiger partial charge in [-0.15, -0.1) is 0 Å². The van der Waals surface area contributed by atoms with Crippen LogP contribution in [0.3, 0.4) is 0 Å². The third kappa shape index (κ3) is 8.05. The third-order valence-electron chi connectivity index (χ3n) is 4.25. The molecule has 0 aliphatic carbocycles. The van der Waals surface area contributed by atoms with Crippen LogP contribution in [-0.4, -0.2) is 44.6 Å². The molecular weight excluding hydrogens is 343 g/mol. The number of hydrogen-bond acceptors (Lipinski definition) is 3. The summed E-state index contributed by atoms with van der Waals surface area (Å²) in [6.07, 6.45) is 5.01. The lowest BCUT2D eigenvalue weighted by molar-refractivity contribution is -0.116. The van der Waals surface area contributed by atoms with Gasteiger partial charge in [0, 0.05) is 19.2 Å². The molecule has 2 aromatic carbocycles. The Labute approximate surface area is 160 Å². The lowest BCUT2D eigenvalue weighted by atomic mass is 10.1. The van der Waals surface area contributed by atoms with Gasteiger partial charge in [-0.05, 0) is 67.9 Å². The van der Waals surface area contributed by atoms with E-state index >= 15 is 0 Å². The molecule has 1 N–H and O–H groups in total. The molecule has 27 heavy (non-hydrogen) atoms. The minimum atomic E-state index is -0.285. The average Bonchev–Trinajstić information content (AvgIpc) is 2.69. The van der Waals surface area contributed by atoms with Gasteiger partial charge < -0.3 is 15.0 Å². The van der Waals surface area contributed by atoms with Crippen molar-refractivity contribution in [3.05, 3.63) is 71.6 Å². The van der Waals surface area contributed by atoms with Crippen molar-refractivity contribution in [1.82, 2.24) is 10.2 Å². The Morgan fingerprint density at radius 3 is 2.48 bits per heavy atom. The van der Waals surface area contributed by atoms with Gasteiger partial charge in [-0.1, -0.05) is 24.3 Å². The molecule has 0 bridgehead atoms. The Morgan fingerprint density at radius 2 is 1.81 bits per heavy atom. The van der Waals surface area contributed by atoms with Gasteiger partial charge in [0.1, 0.15) is 11.6 Å². The normalized spacial score (nSPS) is 11.1. The fraction of sp³-hybridized carbons (Fsp3) is 0.318. The fourth-order valence-electron chi connectivity index (χ4n) is 2.59. The summed E-state index contributed by atoms with van der Waals surface area (Å²) in [5.74, 6) is 0.448. The first-order valence-corrected chi connectivity index (χ1v) is 9.10. The molecule has 0 aliphatic heterocycles. The van der Waals surface area contributed by atoms with E-state index in [-0.39, 0.29) is 11.7 Å². The number of likely N-dealkylation sites (N-methyl/N-ethyl adjacent to an activating group) is 1. The van der Waals surface area contributed by atoms with Crippen molar-refractivity contribution in [1.29, 1.82) is 0 Å². The minimum Gasteiger partial charge on any atom is -0.497 e. The van der Waals surface area contributed by atoms with Gasteiger partial charge in [-0.25, -0.2) is 4.39 Å². The minimum absolute atomic E-state index is 0.139. The van der Waals surface area contributed by atoms with Crippen molar-refractivity contribution in [3.8, 4) is 5.75 Å². The number of rotatable bonds is 10. The number of hydrogen-bond donors (Lipinski definition) is 1. The highest BCUT2D eigenvalue weighted by Gasteiger charge is 2.01. The maximum absolute atomic E-state index is 12.8. The molecule has 1 amide bonds. The van der Waals surface area contributed by atoms with E-state index in [0.29, 0.717) is 6.54 Å². The number of halogens is 1. The van der Waals surface area contributed by atoms with E-state index < -0.39 is 0 Å². The predicted octanol–water partition coefficient (Wildman–Crippen LogP) is 3.53. The molecule has 0 atom stereocenters. The summed E-state index contributed by atoms with van der Waals surface area (Å²) in [5.41, 5.74) is 2.08. The Balaban J connectivity index is 1.59. The van der Waals surface area contributed by atoms with Crippen LogP contribution in [0.2, 0.25) is 0 Å². The lowest BCUT2D eigenvalue weighted by Crippen LogP contribution is -2.28. The molecule has 0 saturated carbocycles. The molecule has 4 nitrogen and oxygen atoms in total. The van der Waals surface area contributed by atoms with Gasteiger partial charge in [0.05, 0.1) is 7.11 Å². The Bertz CT molecular complexity index is 727. The molecule has 0 unspecified atom stereocenters. The second kappa shape index (κ2) is 11.1. The molecule has 2 aromatic rings. The summed E-state index contributed by atoms with van der Waals surface area (Å²) < 4.78 is 18.0. The molecule has 0 heterocycles. The lowest BCUT2D eigenvalue weighted by Gasteiger charge is -2.16. The van der Waals surface area contributed by atoms with Crippen LogP contribution in [0.1, 0.15) is 17.5 Å². The standard InChI is InChI=1S/C22H27FN2O2/c1-25(17-14-19-6-11-21(27-2)12-7-19)16-3-15-24-22(26)13-8-18-4-9-20(23)10-5-18/h4-13H,3,14-17H2,1-2H3,(H,24,26)/b13-8+. The maximum Gasteiger partial charge on any atom is 0.243 e. The van der Waals surface area contributed by atoms with Gasteiger partial charge in [0.15, 0.2) is 0 Å². The Hall–Kier alpha value is -2.66. The van der Waals surface area contributed by atoms with Gasteiger partial charge >= 0.3 is 0 Å². The van der Waals surface area contributed by atoms with Crippen LogP contribution < -0.4 is 10.1 Å². The number of carbonyl (C=O) groups is 1. The SMILES string of the molecule is COc1ccc(CCN(C)CCCNC(=O)/C=C/c2ccc(F)cc2)cc1. The monoisotopic (exact) mass is 370 g/mol. The van der Waals surface area contributed by atoms with E-state index in [1.165, 1.54) is 23.8 Å². The summed E-state index contributed by atoms with van der Waals surface area (Å²) in [5, 5.41) is 2.87. The summed E-state index contributed by atoms with van der Waals surface area (Å²) >= 11 is 0. The Kier molecular flexibility index (Phi) is 8.52. The molecule has 144 valence electrons. The number of carbonyl (C=O) groups excluding carboxylic acids is 1. The summed E-state index contributed by atoms with van der Waals surface area (Å²) in [4.78, 5) is 14.0. The summed E-state index contributed by atoms with van der Waals surface area (Å²) in [6, 6.07) is 14.1. The summed E-state index contributed by atoms with van der Waals surface area (Å²) in [7, 11) is 3.75. The molecule has 0 radical (unpaired) electrons. The third-order valence-corrected chi connectivity index (χ3v) is 4.25. The number of nitrogens with one attached hydrogen (secondary N) is 1. The first kappa shape index (κ1) is 20.6. The number of benzene rings is 2. The van der Waals surface area contributed by atoms with E-state index in [1.807, 2.05) is 12.1 Å². The molecule has 0 aliphatic rings. The molecule has 5 heteroatoms. The highest BCUT2D eigenvalue weighted by molar-refractivity contribution is 5.91. The van der Waals surface area contributed by atoms with Crippen molar-refractivity contribution < 1.29 is 13.9 Å². The van der Waals surface area contributed by atoms with Gasteiger partial charge in [-0.2, -0.15) is 0 Å². The van der Waals surface area contributed by atoms with Crippen molar-refractivity contribution >= 4 is 12.0 Å². The number of methoxy groups -OCH3 is 1. The molecule has 0 fully saturated rings. The molecular formula is C22H27FN2O2. The van der Waals surface area contributed by atoms with Crippen molar-refractivity contribution in [2.45, 2.75) is 12.8 Å². The topological polar surface area (TPSA) is 41.6 Å². The number of amides is 1. The van der Waals surface area contributed by atoms with E-state index in [0.717, 1.165) is 37.2 Å². The van der Waals surface area contributed by atoms with Crippen LogP contribution in [0.4, 0.5) is 4.39 Å². The highest BCUT2D eigenvalue weighted by Crippen LogP contribution is 2.11.